The van der Waals surface area contributed by atoms with Crippen LogP contribution in [0.1, 0.15) is 17.2 Å². The Balaban J connectivity index is 2.29. The first kappa shape index (κ1) is 17.1. The van der Waals surface area contributed by atoms with Gasteiger partial charge in [-0.1, -0.05) is 28.1 Å². The fourth-order valence-corrected chi connectivity index (χ4v) is 3.18. The molecule has 22 heavy (non-hydrogen) atoms. The molecule has 0 aliphatic rings. The predicted octanol–water partition coefficient (Wildman–Crippen LogP) is 4.74. The second kappa shape index (κ2) is 6.47. The van der Waals surface area contributed by atoms with Gasteiger partial charge >= 0.3 is 6.36 Å². The van der Waals surface area contributed by atoms with Crippen LogP contribution < -0.4 is 16.2 Å². The summed E-state index contributed by atoms with van der Waals surface area (Å²) >= 11 is 6.67. The van der Waals surface area contributed by atoms with E-state index in [1.54, 1.807) is 12.1 Å². The lowest BCUT2D eigenvalue weighted by molar-refractivity contribution is -0.274. The second-order valence-corrected chi connectivity index (χ2v) is 6.26. The molecule has 2 rings (SSSR count). The fraction of sp³-hybridized carbons (Fsp3) is 0.143. The summed E-state index contributed by atoms with van der Waals surface area (Å²) in [6, 6.07) is 8.35. The summed E-state index contributed by atoms with van der Waals surface area (Å²) in [5.41, 5.74) is 13.9. The summed E-state index contributed by atoms with van der Waals surface area (Å²) in [7, 11) is 0. The van der Waals surface area contributed by atoms with Gasteiger partial charge in [-0.05, 0) is 51.3 Å². The van der Waals surface area contributed by atoms with E-state index in [4.69, 9.17) is 11.5 Å². The Bertz CT molecular complexity index is 675. The number of hydrogen-bond donors (Lipinski definition) is 2. The average molecular weight is 440 g/mol. The molecule has 0 aromatic heterocycles. The van der Waals surface area contributed by atoms with Gasteiger partial charge in [0.15, 0.2) is 0 Å². The van der Waals surface area contributed by atoms with Crippen LogP contribution >= 0.6 is 31.9 Å². The SMILES string of the molecule is Nc1c(Br)cc(Br)cc1[C@@H](N)c1ccc(OC(F)(F)F)cc1. The average Bonchev–Trinajstić information content (AvgIpc) is 2.41. The van der Waals surface area contributed by atoms with Crippen molar-refractivity contribution in [2.24, 2.45) is 5.73 Å². The molecule has 118 valence electrons. The van der Waals surface area contributed by atoms with E-state index in [-0.39, 0.29) is 5.75 Å². The summed E-state index contributed by atoms with van der Waals surface area (Å²) in [4.78, 5) is 0. The van der Waals surface area contributed by atoms with Crippen molar-refractivity contribution in [2.75, 3.05) is 5.73 Å². The number of ether oxygens (including phenoxy) is 1. The van der Waals surface area contributed by atoms with E-state index >= 15 is 0 Å². The lowest BCUT2D eigenvalue weighted by Crippen LogP contribution is -2.17. The molecule has 0 radical (unpaired) electrons. The van der Waals surface area contributed by atoms with Crippen LogP contribution in [0.5, 0.6) is 5.75 Å². The Morgan fingerprint density at radius 2 is 1.64 bits per heavy atom. The van der Waals surface area contributed by atoms with Crippen LogP contribution in [-0.2, 0) is 0 Å². The minimum absolute atomic E-state index is 0.299. The first-order chi connectivity index (χ1) is 10.2. The van der Waals surface area contributed by atoms with Crippen LogP contribution in [0.2, 0.25) is 0 Å². The molecule has 0 saturated carbocycles. The molecule has 0 aliphatic heterocycles. The minimum Gasteiger partial charge on any atom is -0.406 e. The van der Waals surface area contributed by atoms with Crippen molar-refractivity contribution in [1.82, 2.24) is 0 Å². The Labute approximate surface area is 141 Å². The lowest BCUT2D eigenvalue weighted by atomic mass is 9.98. The third-order valence-corrected chi connectivity index (χ3v) is 4.05. The molecule has 0 unspecified atom stereocenters. The summed E-state index contributed by atoms with van der Waals surface area (Å²) in [6.07, 6.45) is -4.72. The van der Waals surface area contributed by atoms with Gasteiger partial charge in [-0.15, -0.1) is 13.2 Å². The van der Waals surface area contributed by atoms with Gasteiger partial charge < -0.3 is 16.2 Å². The van der Waals surface area contributed by atoms with Gasteiger partial charge in [0.25, 0.3) is 0 Å². The van der Waals surface area contributed by atoms with Crippen LogP contribution in [0.3, 0.4) is 0 Å². The van der Waals surface area contributed by atoms with E-state index in [2.05, 4.69) is 36.6 Å². The number of halogens is 5. The Kier molecular flexibility index (Phi) is 5.03. The lowest BCUT2D eigenvalue weighted by Gasteiger charge is -2.17. The molecule has 1 atom stereocenters. The van der Waals surface area contributed by atoms with Crippen molar-refractivity contribution in [2.45, 2.75) is 12.4 Å². The summed E-state index contributed by atoms with van der Waals surface area (Å²) in [5, 5.41) is 0. The van der Waals surface area contributed by atoms with Gasteiger partial charge in [-0.25, -0.2) is 0 Å². The first-order valence-corrected chi connectivity index (χ1v) is 7.61. The first-order valence-electron chi connectivity index (χ1n) is 6.03. The molecule has 4 N–H and O–H groups in total. The molecule has 0 saturated heterocycles. The maximum Gasteiger partial charge on any atom is 0.573 e. The van der Waals surface area contributed by atoms with Gasteiger partial charge in [0.2, 0.25) is 0 Å². The van der Waals surface area contributed by atoms with Gasteiger partial charge in [0.1, 0.15) is 5.75 Å². The number of rotatable bonds is 3. The van der Waals surface area contributed by atoms with Crippen LogP contribution in [0.4, 0.5) is 18.9 Å². The predicted molar refractivity (Wildman–Crippen MR) is 85.4 cm³/mol. The van der Waals surface area contributed by atoms with E-state index in [0.717, 1.165) is 4.47 Å². The zero-order valence-corrected chi connectivity index (χ0v) is 14.2. The van der Waals surface area contributed by atoms with Crippen molar-refractivity contribution < 1.29 is 17.9 Å². The summed E-state index contributed by atoms with van der Waals surface area (Å²) in [6.45, 7) is 0. The minimum atomic E-state index is -4.72. The molecular formula is C14H11Br2F3N2O. The number of alkyl halides is 3. The maximum atomic E-state index is 12.1. The highest BCUT2D eigenvalue weighted by atomic mass is 79.9. The topological polar surface area (TPSA) is 61.3 Å². The molecule has 0 amide bonds. The Morgan fingerprint density at radius 1 is 1.05 bits per heavy atom. The van der Waals surface area contributed by atoms with Crippen LogP contribution in [-0.4, -0.2) is 6.36 Å². The van der Waals surface area contributed by atoms with Crippen molar-refractivity contribution in [3.8, 4) is 5.75 Å². The smallest absolute Gasteiger partial charge is 0.406 e. The third-order valence-electron chi connectivity index (χ3n) is 2.93. The normalized spacial score (nSPS) is 13.0. The van der Waals surface area contributed by atoms with Gasteiger partial charge in [0, 0.05) is 8.95 Å². The highest BCUT2D eigenvalue weighted by molar-refractivity contribution is 9.11. The molecule has 3 nitrogen and oxygen atoms in total. The Hall–Kier alpha value is -1.25. The number of nitrogen functional groups attached to an aromatic ring is 1. The molecular weight excluding hydrogens is 429 g/mol. The quantitative estimate of drug-likeness (QED) is 0.679. The highest BCUT2D eigenvalue weighted by Gasteiger charge is 2.31. The number of benzene rings is 2. The number of anilines is 1. The molecule has 2 aromatic carbocycles. The molecule has 0 aliphatic carbocycles. The largest absolute Gasteiger partial charge is 0.573 e. The third kappa shape index (κ3) is 4.15. The summed E-state index contributed by atoms with van der Waals surface area (Å²) < 4.78 is 41.7. The molecule has 0 bridgehead atoms. The van der Waals surface area contributed by atoms with Crippen LogP contribution in [0, 0.1) is 0 Å². The zero-order valence-electron chi connectivity index (χ0n) is 11.0. The molecule has 0 heterocycles. The molecule has 0 spiro atoms. The van der Waals surface area contributed by atoms with E-state index in [0.29, 0.717) is 21.3 Å². The summed E-state index contributed by atoms with van der Waals surface area (Å²) in [5.74, 6) is -0.299. The van der Waals surface area contributed by atoms with Gasteiger partial charge in [0.05, 0.1) is 11.7 Å². The van der Waals surface area contributed by atoms with Crippen LogP contribution in [0.25, 0.3) is 0 Å². The van der Waals surface area contributed by atoms with Crippen molar-refractivity contribution in [3.05, 3.63) is 56.5 Å². The zero-order chi connectivity index (χ0) is 16.5. The van der Waals surface area contributed by atoms with Gasteiger partial charge in [-0.3, -0.25) is 0 Å². The molecule has 8 heteroatoms. The van der Waals surface area contributed by atoms with Gasteiger partial charge in [-0.2, -0.15) is 0 Å². The fourth-order valence-electron chi connectivity index (χ4n) is 1.92. The number of nitrogens with two attached hydrogens (primary N) is 2. The van der Waals surface area contributed by atoms with E-state index in [9.17, 15) is 13.2 Å². The van der Waals surface area contributed by atoms with E-state index < -0.39 is 12.4 Å². The van der Waals surface area contributed by atoms with E-state index in [1.807, 2.05) is 0 Å². The highest BCUT2D eigenvalue weighted by Crippen LogP contribution is 2.34. The number of hydrogen-bond acceptors (Lipinski definition) is 3. The van der Waals surface area contributed by atoms with E-state index in [1.165, 1.54) is 24.3 Å². The maximum absolute atomic E-state index is 12.1. The standard InChI is InChI=1S/C14H11Br2F3N2O/c15-8-5-10(13(21)11(16)6-8)12(20)7-1-3-9(4-2-7)22-14(17,18)19/h1-6,12H,20-21H2/t12-/m0/s1. The monoisotopic (exact) mass is 438 g/mol. The van der Waals surface area contributed by atoms with Crippen molar-refractivity contribution in [3.63, 3.8) is 0 Å². The second-order valence-electron chi connectivity index (χ2n) is 4.49. The molecule has 0 fully saturated rings. The Morgan fingerprint density at radius 3 is 2.18 bits per heavy atom. The molecule has 2 aromatic rings. The van der Waals surface area contributed by atoms with Crippen molar-refractivity contribution >= 4 is 37.5 Å². The van der Waals surface area contributed by atoms with Crippen molar-refractivity contribution in [1.29, 1.82) is 0 Å². The van der Waals surface area contributed by atoms with Crippen LogP contribution in [0.15, 0.2) is 45.3 Å².